The van der Waals surface area contributed by atoms with Crippen molar-refractivity contribution in [3.8, 4) is 0 Å². The van der Waals surface area contributed by atoms with Crippen molar-refractivity contribution in [2.75, 3.05) is 21.1 Å². The van der Waals surface area contributed by atoms with E-state index in [1.54, 1.807) is 0 Å². The van der Waals surface area contributed by atoms with E-state index in [1.807, 2.05) is 0 Å². The number of nitrogens with zero attached hydrogens (tertiary/aromatic N) is 3. The number of hydrogen-bond acceptors (Lipinski definition) is 7. The van der Waals surface area contributed by atoms with Gasteiger partial charge in [-0.2, -0.15) is 0 Å². The molecule has 0 bridgehead atoms. The highest BCUT2D eigenvalue weighted by Gasteiger charge is 2.52. The van der Waals surface area contributed by atoms with Gasteiger partial charge in [-0.3, -0.25) is 28.3 Å². The van der Waals surface area contributed by atoms with Gasteiger partial charge < -0.3 is 0 Å². The Balaban J connectivity index is 1.92. The van der Waals surface area contributed by atoms with Crippen LogP contribution in [0.5, 0.6) is 0 Å². The van der Waals surface area contributed by atoms with Gasteiger partial charge in [0, 0.05) is 33.2 Å². The predicted molar refractivity (Wildman–Crippen MR) is 158 cm³/mol. The molecule has 0 aromatic rings. The number of phosphoric acid groups is 1. The Labute approximate surface area is 234 Å². The number of piperidine rings is 3. The maximum absolute atomic E-state index is 14.8. The number of phosphoric ester groups is 1. The van der Waals surface area contributed by atoms with Crippen molar-refractivity contribution in [2.24, 2.45) is 0 Å². The third-order valence-electron chi connectivity index (χ3n) is 10.6. The van der Waals surface area contributed by atoms with Crippen molar-refractivity contribution < 1.29 is 18.1 Å². The Hall–Kier alpha value is -0.0100. The molecule has 3 aliphatic rings. The van der Waals surface area contributed by atoms with Crippen LogP contribution in [-0.2, 0) is 18.1 Å². The van der Waals surface area contributed by atoms with Crippen LogP contribution in [0, 0.1) is 0 Å². The van der Waals surface area contributed by atoms with Crippen LogP contribution in [0.1, 0.15) is 122 Å². The summed E-state index contributed by atoms with van der Waals surface area (Å²) >= 11 is 0. The zero-order chi connectivity index (χ0) is 29.3. The molecular formula is C30H60N3O4P. The minimum atomic E-state index is -3.88. The van der Waals surface area contributed by atoms with E-state index in [9.17, 15) is 4.57 Å². The fraction of sp³-hybridized carbons (Fsp3) is 1.00. The first-order valence-electron chi connectivity index (χ1n) is 14.7. The lowest BCUT2D eigenvalue weighted by molar-refractivity contribution is -0.102. The fourth-order valence-corrected chi connectivity index (χ4v) is 9.38. The summed E-state index contributed by atoms with van der Waals surface area (Å²) in [5.41, 5.74) is -0.546. The van der Waals surface area contributed by atoms with Crippen LogP contribution in [0.4, 0.5) is 0 Å². The van der Waals surface area contributed by atoms with E-state index in [4.69, 9.17) is 13.6 Å². The molecule has 0 aromatic carbocycles. The third-order valence-corrected chi connectivity index (χ3v) is 12.3. The van der Waals surface area contributed by atoms with Crippen molar-refractivity contribution in [1.29, 1.82) is 0 Å². The molecule has 3 fully saturated rings. The fourth-order valence-electron chi connectivity index (χ4n) is 7.68. The van der Waals surface area contributed by atoms with Gasteiger partial charge in [-0.25, -0.2) is 4.57 Å². The van der Waals surface area contributed by atoms with Crippen LogP contribution >= 0.6 is 7.82 Å². The molecule has 0 atom stereocenters. The smallest absolute Gasteiger partial charge is 0.296 e. The quantitative estimate of drug-likeness (QED) is 0.323. The van der Waals surface area contributed by atoms with Crippen LogP contribution in [0.3, 0.4) is 0 Å². The Morgan fingerprint density at radius 1 is 0.447 bits per heavy atom. The number of likely N-dealkylation sites (tertiary alicyclic amines) is 3. The van der Waals surface area contributed by atoms with Crippen molar-refractivity contribution in [3.05, 3.63) is 0 Å². The van der Waals surface area contributed by atoms with Gasteiger partial charge in [0.05, 0.1) is 18.3 Å². The molecule has 0 saturated carbocycles. The Bertz CT molecular complexity index is 745. The molecule has 38 heavy (non-hydrogen) atoms. The maximum Gasteiger partial charge on any atom is 0.475 e. The molecule has 0 radical (unpaired) electrons. The van der Waals surface area contributed by atoms with Gasteiger partial charge in [0.2, 0.25) is 0 Å². The summed E-state index contributed by atoms with van der Waals surface area (Å²) in [4.78, 5) is 7.24. The molecule has 7 nitrogen and oxygen atoms in total. The van der Waals surface area contributed by atoms with Crippen LogP contribution < -0.4 is 0 Å². The van der Waals surface area contributed by atoms with Crippen LogP contribution in [0.2, 0.25) is 0 Å². The largest absolute Gasteiger partial charge is 0.475 e. The van der Waals surface area contributed by atoms with Crippen molar-refractivity contribution in [3.63, 3.8) is 0 Å². The van der Waals surface area contributed by atoms with Crippen molar-refractivity contribution in [2.45, 2.75) is 173 Å². The Kier molecular flexibility index (Phi) is 8.61. The molecular weight excluding hydrogens is 497 g/mol. The minimum Gasteiger partial charge on any atom is -0.296 e. The van der Waals surface area contributed by atoms with Gasteiger partial charge in [0.15, 0.2) is 0 Å². The molecule has 0 spiro atoms. The molecule has 8 heteroatoms. The molecule has 224 valence electrons. The molecule has 3 heterocycles. The lowest BCUT2D eigenvalue weighted by atomic mass is 9.79. The molecule has 3 rings (SSSR count). The molecule has 0 aromatic heterocycles. The summed E-state index contributed by atoms with van der Waals surface area (Å²) in [6.07, 6.45) is 4.04. The lowest BCUT2D eigenvalue weighted by Crippen LogP contribution is -2.61. The first-order valence-corrected chi connectivity index (χ1v) is 16.2. The summed E-state index contributed by atoms with van der Waals surface area (Å²) in [7, 11) is 2.65. The number of hydrogen-bond donors (Lipinski definition) is 0. The molecule has 3 aliphatic heterocycles. The highest BCUT2D eigenvalue weighted by atomic mass is 31.2. The van der Waals surface area contributed by atoms with E-state index in [1.165, 1.54) is 0 Å². The van der Waals surface area contributed by atoms with Crippen LogP contribution in [-0.4, -0.2) is 87.4 Å². The van der Waals surface area contributed by atoms with E-state index < -0.39 is 7.82 Å². The lowest BCUT2D eigenvalue weighted by Gasteiger charge is -2.55. The van der Waals surface area contributed by atoms with Crippen molar-refractivity contribution in [1.82, 2.24) is 14.7 Å². The molecule has 0 aliphatic carbocycles. The predicted octanol–water partition coefficient (Wildman–Crippen LogP) is 7.10. The topological polar surface area (TPSA) is 54.5 Å². The highest BCUT2D eigenvalue weighted by Crippen LogP contribution is 2.59. The average molecular weight is 558 g/mol. The van der Waals surface area contributed by atoms with Crippen molar-refractivity contribution >= 4 is 7.82 Å². The summed E-state index contributed by atoms with van der Waals surface area (Å²) < 4.78 is 34.6. The number of rotatable bonds is 6. The van der Waals surface area contributed by atoms with Crippen LogP contribution in [0.15, 0.2) is 0 Å². The summed E-state index contributed by atoms with van der Waals surface area (Å²) in [6.45, 7) is 26.8. The van der Waals surface area contributed by atoms with Crippen LogP contribution in [0.25, 0.3) is 0 Å². The Morgan fingerprint density at radius 2 is 0.605 bits per heavy atom. The van der Waals surface area contributed by atoms with Gasteiger partial charge in [0.25, 0.3) is 0 Å². The van der Waals surface area contributed by atoms with Gasteiger partial charge in [-0.15, -0.1) is 0 Å². The second-order valence-electron chi connectivity index (χ2n) is 16.4. The van der Waals surface area contributed by atoms with Gasteiger partial charge in [-0.05, 0) is 143 Å². The average Bonchev–Trinajstić information content (AvgIpc) is 2.66. The third kappa shape index (κ3) is 6.72. The minimum absolute atomic E-state index is 0.0910. The highest BCUT2D eigenvalue weighted by molar-refractivity contribution is 7.48. The molecule has 3 saturated heterocycles. The second-order valence-corrected chi connectivity index (χ2v) is 17.9. The summed E-state index contributed by atoms with van der Waals surface area (Å²) in [5, 5.41) is 0. The first kappa shape index (κ1) is 32.5. The summed E-state index contributed by atoms with van der Waals surface area (Å²) in [5.74, 6) is 0. The second kappa shape index (κ2) is 10.1. The zero-order valence-electron chi connectivity index (χ0n) is 27.4. The first-order chi connectivity index (χ1) is 16.8. The van der Waals surface area contributed by atoms with Gasteiger partial charge in [0.1, 0.15) is 0 Å². The van der Waals surface area contributed by atoms with E-state index in [0.29, 0.717) is 0 Å². The van der Waals surface area contributed by atoms with Gasteiger partial charge in [-0.1, -0.05) is 0 Å². The Morgan fingerprint density at radius 3 is 0.763 bits per heavy atom. The zero-order valence-corrected chi connectivity index (χ0v) is 28.3. The monoisotopic (exact) mass is 557 g/mol. The summed E-state index contributed by atoms with van der Waals surface area (Å²) in [6, 6.07) is 0. The standard InChI is InChI=1S/C30H60N3O4P/c1-25(2)16-22(17-26(3,4)31(25)13)35-38(34,36-23-18-27(5,6)32(14)28(7,8)19-23)37-24-20-29(9,10)33(15)30(11,12)21-24/h22-24H,16-21H2,1-15H3. The van der Waals surface area contributed by atoms with E-state index in [2.05, 4.69) is 119 Å². The van der Waals surface area contributed by atoms with E-state index in [0.717, 1.165) is 38.5 Å². The normalized spacial score (nSPS) is 30.9. The van der Waals surface area contributed by atoms with E-state index in [-0.39, 0.29) is 51.5 Å². The molecule has 0 amide bonds. The molecule has 0 unspecified atom stereocenters. The molecule has 0 N–H and O–H groups in total. The van der Waals surface area contributed by atoms with E-state index >= 15 is 0 Å². The SMILES string of the molecule is CN1C(C)(C)CC(OP(=O)(OC2CC(C)(C)N(C)C(C)(C)C2)OC2CC(C)(C)N(C)C(C)(C)C2)CC1(C)C. The maximum atomic E-state index is 14.8. The van der Waals surface area contributed by atoms with Gasteiger partial charge >= 0.3 is 7.82 Å².